The summed E-state index contributed by atoms with van der Waals surface area (Å²) in [5, 5.41) is 6.86. The molecule has 2 aliphatic rings. The number of rotatable bonds is 5. The summed E-state index contributed by atoms with van der Waals surface area (Å²) in [7, 11) is 1.74. The van der Waals surface area contributed by atoms with Crippen molar-refractivity contribution in [1.29, 1.82) is 0 Å². The molecule has 2 heterocycles. The largest absolute Gasteiger partial charge is 0.341 e. The molecule has 1 saturated heterocycles. The average molecular weight is 349 g/mol. The Morgan fingerprint density at radius 3 is 2.75 bits per heavy atom. The van der Waals surface area contributed by atoms with Crippen LogP contribution in [0.1, 0.15) is 44.1 Å². The molecule has 1 saturated carbocycles. The Kier molecular flexibility index (Phi) is 4.89. The number of hydrogen-bond acceptors (Lipinski definition) is 4. The van der Waals surface area contributed by atoms with E-state index >= 15 is 0 Å². The smallest absolute Gasteiger partial charge is 0.325 e. The lowest BCUT2D eigenvalue weighted by Gasteiger charge is -2.30. The van der Waals surface area contributed by atoms with Crippen molar-refractivity contribution in [1.82, 2.24) is 15.1 Å². The Bertz CT molecular complexity index is 623. The van der Waals surface area contributed by atoms with Crippen molar-refractivity contribution >= 4 is 29.2 Å². The maximum absolute atomic E-state index is 12.7. The Morgan fingerprint density at radius 2 is 2.08 bits per heavy atom. The van der Waals surface area contributed by atoms with Crippen LogP contribution < -0.4 is 5.32 Å². The summed E-state index contributed by atoms with van der Waals surface area (Å²) in [5.74, 6) is -0.216. The van der Waals surface area contributed by atoms with E-state index in [-0.39, 0.29) is 30.8 Å². The summed E-state index contributed by atoms with van der Waals surface area (Å²) in [5.41, 5.74) is 0.382. The number of carbonyl (C=O) groups excluding carboxylic acids is 3. The topological polar surface area (TPSA) is 69.7 Å². The SMILES string of the molecule is CN(Cc1ccsc1)C(=O)CCN1C(=O)NC2(CCCCC2)C1=O. The van der Waals surface area contributed by atoms with Crippen molar-refractivity contribution in [2.75, 3.05) is 13.6 Å². The van der Waals surface area contributed by atoms with Gasteiger partial charge in [-0.1, -0.05) is 19.3 Å². The fraction of sp³-hybridized carbons (Fsp3) is 0.588. The van der Waals surface area contributed by atoms with E-state index < -0.39 is 5.54 Å². The zero-order chi connectivity index (χ0) is 17.2. The third-order valence-corrected chi connectivity index (χ3v) is 5.66. The summed E-state index contributed by atoms with van der Waals surface area (Å²) in [4.78, 5) is 39.9. The molecule has 1 aliphatic heterocycles. The zero-order valence-electron chi connectivity index (χ0n) is 13.9. The molecule has 2 fully saturated rings. The van der Waals surface area contributed by atoms with Crippen molar-refractivity contribution in [2.24, 2.45) is 0 Å². The van der Waals surface area contributed by atoms with Gasteiger partial charge in [-0.05, 0) is 35.2 Å². The van der Waals surface area contributed by atoms with Crippen molar-refractivity contribution in [3.8, 4) is 0 Å². The van der Waals surface area contributed by atoms with Crippen LogP contribution in [-0.2, 0) is 16.1 Å². The van der Waals surface area contributed by atoms with E-state index in [0.29, 0.717) is 19.4 Å². The highest BCUT2D eigenvalue weighted by Gasteiger charge is 2.51. The molecule has 0 radical (unpaired) electrons. The lowest BCUT2D eigenvalue weighted by Crippen LogP contribution is -2.48. The van der Waals surface area contributed by atoms with Crippen LogP contribution in [0.5, 0.6) is 0 Å². The molecular weight excluding hydrogens is 326 g/mol. The van der Waals surface area contributed by atoms with E-state index in [4.69, 9.17) is 0 Å². The zero-order valence-corrected chi connectivity index (χ0v) is 14.7. The second kappa shape index (κ2) is 6.93. The third-order valence-electron chi connectivity index (χ3n) is 4.93. The molecule has 6 nitrogen and oxygen atoms in total. The van der Waals surface area contributed by atoms with Crippen LogP contribution in [0.2, 0.25) is 0 Å². The Labute approximate surface area is 145 Å². The summed E-state index contributed by atoms with van der Waals surface area (Å²) >= 11 is 1.60. The molecule has 1 N–H and O–H groups in total. The lowest BCUT2D eigenvalue weighted by molar-refractivity contribution is -0.134. The van der Waals surface area contributed by atoms with Crippen LogP contribution in [0.15, 0.2) is 16.8 Å². The molecule has 0 aromatic carbocycles. The van der Waals surface area contributed by atoms with Gasteiger partial charge in [-0.3, -0.25) is 14.5 Å². The molecule has 1 spiro atoms. The molecule has 1 aromatic heterocycles. The van der Waals surface area contributed by atoms with Crippen LogP contribution in [0.4, 0.5) is 4.79 Å². The number of imide groups is 1. The number of thiophene rings is 1. The van der Waals surface area contributed by atoms with E-state index in [1.54, 1.807) is 23.3 Å². The second-order valence-corrected chi connectivity index (χ2v) is 7.44. The first-order valence-electron chi connectivity index (χ1n) is 8.41. The number of urea groups is 1. The van der Waals surface area contributed by atoms with Gasteiger partial charge in [0, 0.05) is 26.6 Å². The molecular formula is C17H23N3O3S. The normalized spacial score (nSPS) is 19.6. The van der Waals surface area contributed by atoms with E-state index in [1.807, 2.05) is 16.8 Å². The first-order chi connectivity index (χ1) is 11.5. The maximum atomic E-state index is 12.7. The number of amides is 4. The molecule has 1 aromatic rings. The molecule has 0 bridgehead atoms. The molecule has 130 valence electrons. The third kappa shape index (κ3) is 3.31. The fourth-order valence-electron chi connectivity index (χ4n) is 3.52. The summed E-state index contributed by atoms with van der Waals surface area (Å²) in [6.07, 6.45) is 4.61. The van der Waals surface area contributed by atoms with E-state index in [0.717, 1.165) is 24.8 Å². The Hall–Kier alpha value is -1.89. The number of nitrogens with one attached hydrogen (secondary N) is 1. The molecule has 7 heteroatoms. The number of nitrogens with zero attached hydrogens (tertiary/aromatic N) is 2. The quantitative estimate of drug-likeness (QED) is 0.830. The van der Waals surface area contributed by atoms with Gasteiger partial charge in [-0.15, -0.1) is 0 Å². The summed E-state index contributed by atoms with van der Waals surface area (Å²) < 4.78 is 0. The highest BCUT2D eigenvalue weighted by molar-refractivity contribution is 7.07. The minimum absolute atomic E-state index is 0.0635. The van der Waals surface area contributed by atoms with Gasteiger partial charge in [0.1, 0.15) is 5.54 Å². The molecule has 4 amide bonds. The van der Waals surface area contributed by atoms with Gasteiger partial charge in [0.15, 0.2) is 0 Å². The van der Waals surface area contributed by atoms with E-state index in [2.05, 4.69) is 5.32 Å². The highest BCUT2D eigenvalue weighted by Crippen LogP contribution is 2.33. The van der Waals surface area contributed by atoms with Crippen LogP contribution in [0.3, 0.4) is 0 Å². The van der Waals surface area contributed by atoms with Gasteiger partial charge < -0.3 is 10.2 Å². The second-order valence-electron chi connectivity index (χ2n) is 6.66. The molecule has 24 heavy (non-hydrogen) atoms. The van der Waals surface area contributed by atoms with Crippen LogP contribution >= 0.6 is 11.3 Å². The Morgan fingerprint density at radius 1 is 1.33 bits per heavy atom. The van der Waals surface area contributed by atoms with Crippen LogP contribution in [0, 0.1) is 0 Å². The van der Waals surface area contributed by atoms with Gasteiger partial charge in [-0.25, -0.2) is 4.79 Å². The predicted octanol–water partition coefficient (Wildman–Crippen LogP) is 2.35. The van der Waals surface area contributed by atoms with Gasteiger partial charge in [-0.2, -0.15) is 11.3 Å². The summed E-state index contributed by atoms with van der Waals surface area (Å²) in [6, 6.07) is 1.63. The van der Waals surface area contributed by atoms with Gasteiger partial charge >= 0.3 is 6.03 Å². The number of hydrogen-bond donors (Lipinski definition) is 1. The van der Waals surface area contributed by atoms with Gasteiger partial charge in [0.2, 0.25) is 5.91 Å². The number of carbonyl (C=O) groups is 3. The van der Waals surface area contributed by atoms with Crippen LogP contribution in [-0.4, -0.2) is 46.8 Å². The maximum Gasteiger partial charge on any atom is 0.325 e. The summed E-state index contributed by atoms with van der Waals surface area (Å²) in [6.45, 7) is 0.700. The van der Waals surface area contributed by atoms with E-state index in [1.165, 1.54) is 4.90 Å². The first kappa shape index (κ1) is 17.0. The standard InChI is InChI=1S/C17H23N3O3S/c1-19(11-13-6-10-24-12-13)14(21)5-9-20-15(22)17(18-16(20)23)7-3-2-4-8-17/h6,10,12H,2-5,7-9,11H2,1H3,(H,18,23). The molecule has 0 unspecified atom stereocenters. The van der Waals surface area contributed by atoms with Crippen molar-refractivity contribution in [2.45, 2.75) is 50.6 Å². The van der Waals surface area contributed by atoms with Crippen molar-refractivity contribution in [3.05, 3.63) is 22.4 Å². The molecule has 3 rings (SSSR count). The first-order valence-corrected chi connectivity index (χ1v) is 9.35. The van der Waals surface area contributed by atoms with Gasteiger partial charge in [0.25, 0.3) is 5.91 Å². The molecule has 0 atom stereocenters. The molecule has 1 aliphatic carbocycles. The predicted molar refractivity (Wildman–Crippen MR) is 91.5 cm³/mol. The lowest BCUT2D eigenvalue weighted by atomic mass is 9.82. The van der Waals surface area contributed by atoms with Crippen molar-refractivity contribution < 1.29 is 14.4 Å². The minimum atomic E-state index is -0.707. The minimum Gasteiger partial charge on any atom is -0.341 e. The average Bonchev–Trinajstić information content (AvgIpc) is 3.15. The monoisotopic (exact) mass is 349 g/mol. The van der Waals surface area contributed by atoms with Gasteiger partial charge in [0.05, 0.1) is 0 Å². The van der Waals surface area contributed by atoms with E-state index in [9.17, 15) is 14.4 Å². The van der Waals surface area contributed by atoms with Crippen molar-refractivity contribution in [3.63, 3.8) is 0 Å². The van der Waals surface area contributed by atoms with Crippen LogP contribution in [0.25, 0.3) is 0 Å². The Balaban J connectivity index is 1.55. The highest BCUT2D eigenvalue weighted by atomic mass is 32.1. The fourth-order valence-corrected chi connectivity index (χ4v) is 4.18.